The van der Waals surface area contributed by atoms with E-state index in [1.54, 1.807) is 12.4 Å². The van der Waals surface area contributed by atoms with Crippen molar-refractivity contribution in [1.29, 1.82) is 5.26 Å². The predicted octanol–water partition coefficient (Wildman–Crippen LogP) is 5.49. The van der Waals surface area contributed by atoms with Gasteiger partial charge >= 0.3 is 0 Å². The SMILES string of the molecule is C[Si](C)(C)CCOCn1c(-c2cccnc2)c(C#N)c2cc(I)ccc21. The van der Waals surface area contributed by atoms with Crippen LogP contribution in [-0.4, -0.2) is 24.2 Å². The van der Waals surface area contributed by atoms with Crippen molar-refractivity contribution in [3.05, 3.63) is 51.9 Å². The number of nitrogens with zero attached hydrogens (tertiary/aromatic N) is 3. The lowest BCUT2D eigenvalue weighted by Crippen LogP contribution is -2.22. The molecule has 0 saturated carbocycles. The van der Waals surface area contributed by atoms with E-state index in [1.165, 1.54) is 0 Å². The zero-order valence-electron chi connectivity index (χ0n) is 15.3. The van der Waals surface area contributed by atoms with E-state index in [-0.39, 0.29) is 0 Å². The summed E-state index contributed by atoms with van der Waals surface area (Å²) in [6.07, 6.45) is 3.55. The van der Waals surface area contributed by atoms with Crippen LogP contribution in [0.2, 0.25) is 25.7 Å². The highest BCUT2D eigenvalue weighted by Gasteiger charge is 2.19. The van der Waals surface area contributed by atoms with Crippen LogP contribution in [0.1, 0.15) is 5.56 Å². The summed E-state index contributed by atoms with van der Waals surface area (Å²) in [4.78, 5) is 4.23. The lowest BCUT2D eigenvalue weighted by molar-refractivity contribution is 0.0912. The van der Waals surface area contributed by atoms with Gasteiger partial charge in [0.15, 0.2) is 0 Å². The molecule has 2 aromatic heterocycles. The molecular formula is C20H22IN3OSi. The smallest absolute Gasteiger partial charge is 0.123 e. The first-order valence-electron chi connectivity index (χ1n) is 8.61. The molecular weight excluding hydrogens is 453 g/mol. The summed E-state index contributed by atoms with van der Waals surface area (Å²) in [5, 5.41) is 10.8. The molecule has 3 aromatic rings. The van der Waals surface area contributed by atoms with Crippen LogP contribution in [0.15, 0.2) is 42.7 Å². The van der Waals surface area contributed by atoms with E-state index in [1.807, 2.05) is 12.1 Å². The van der Waals surface area contributed by atoms with Gasteiger partial charge in [-0.25, -0.2) is 0 Å². The minimum absolute atomic E-state index is 0.438. The summed E-state index contributed by atoms with van der Waals surface area (Å²) in [5.41, 5.74) is 3.52. The van der Waals surface area contributed by atoms with E-state index in [2.05, 4.69) is 76.1 Å². The molecule has 0 bridgehead atoms. The van der Waals surface area contributed by atoms with Crippen molar-refractivity contribution in [2.45, 2.75) is 32.4 Å². The number of hydrogen-bond acceptors (Lipinski definition) is 3. The Hall–Kier alpha value is -1.69. The Morgan fingerprint density at radius 3 is 2.73 bits per heavy atom. The Bertz CT molecular complexity index is 955. The second kappa shape index (κ2) is 7.90. The van der Waals surface area contributed by atoms with Crippen molar-refractivity contribution < 1.29 is 4.74 Å². The van der Waals surface area contributed by atoms with Gasteiger partial charge in [-0.05, 0) is 59.0 Å². The monoisotopic (exact) mass is 475 g/mol. The summed E-state index contributed by atoms with van der Waals surface area (Å²) in [6.45, 7) is 8.22. The molecule has 3 rings (SSSR count). The molecule has 134 valence electrons. The highest BCUT2D eigenvalue weighted by Crippen LogP contribution is 2.34. The molecule has 2 heterocycles. The van der Waals surface area contributed by atoms with Crippen molar-refractivity contribution in [2.24, 2.45) is 0 Å². The first kappa shape index (κ1) is 19.1. The fraction of sp³-hybridized carbons (Fsp3) is 0.300. The van der Waals surface area contributed by atoms with E-state index in [0.717, 1.165) is 38.4 Å². The zero-order chi connectivity index (χ0) is 18.7. The van der Waals surface area contributed by atoms with Crippen LogP contribution in [0.25, 0.3) is 22.2 Å². The van der Waals surface area contributed by atoms with Gasteiger partial charge in [-0.1, -0.05) is 19.6 Å². The molecule has 0 radical (unpaired) electrons. The Morgan fingerprint density at radius 1 is 1.27 bits per heavy atom. The zero-order valence-corrected chi connectivity index (χ0v) is 18.4. The number of fused-ring (bicyclic) bond motifs is 1. The van der Waals surface area contributed by atoms with E-state index in [0.29, 0.717) is 12.3 Å². The van der Waals surface area contributed by atoms with Crippen molar-refractivity contribution in [3.8, 4) is 17.3 Å². The number of rotatable bonds is 6. The summed E-state index contributed by atoms with van der Waals surface area (Å²) in [5.74, 6) is 0. The first-order chi connectivity index (χ1) is 12.4. The Morgan fingerprint density at radius 2 is 2.08 bits per heavy atom. The molecule has 0 N–H and O–H groups in total. The molecule has 1 aromatic carbocycles. The third kappa shape index (κ3) is 4.17. The lowest BCUT2D eigenvalue weighted by Gasteiger charge is -2.17. The number of pyridine rings is 1. The first-order valence-corrected chi connectivity index (χ1v) is 13.4. The number of ether oxygens (including phenoxy) is 1. The third-order valence-electron chi connectivity index (χ3n) is 4.29. The molecule has 0 aliphatic carbocycles. The molecule has 0 aliphatic heterocycles. The standard InChI is InChI=1S/C20H22IN3OSi/c1-26(2,3)10-9-25-14-24-19-7-6-16(21)11-17(19)18(12-22)20(24)15-5-4-8-23-13-15/h4-8,11,13H,9-10,14H2,1-3H3. The normalized spacial score (nSPS) is 11.7. The number of nitriles is 1. The van der Waals surface area contributed by atoms with Crippen LogP contribution < -0.4 is 0 Å². The van der Waals surface area contributed by atoms with Crippen molar-refractivity contribution in [1.82, 2.24) is 9.55 Å². The molecule has 26 heavy (non-hydrogen) atoms. The lowest BCUT2D eigenvalue weighted by atomic mass is 10.1. The van der Waals surface area contributed by atoms with E-state index < -0.39 is 8.07 Å². The van der Waals surface area contributed by atoms with Gasteiger partial charge < -0.3 is 9.30 Å². The fourth-order valence-electron chi connectivity index (χ4n) is 2.91. The molecule has 4 nitrogen and oxygen atoms in total. The topological polar surface area (TPSA) is 50.8 Å². The number of hydrogen-bond donors (Lipinski definition) is 0. The molecule has 0 aliphatic rings. The summed E-state index contributed by atoms with van der Waals surface area (Å²) in [6, 6.07) is 13.6. The van der Waals surface area contributed by atoms with Gasteiger partial charge in [0.25, 0.3) is 0 Å². The van der Waals surface area contributed by atoms with Crippen LogP contribution in [0.4, 0.5) is 0 Å². The van der Waals surface area contributed by atoms with Crippen LogP contribution >= 0.6 is 22.6 Å². The number of halogens is 1. The van der Waals surface area contributed by atoms with E-state index in [9.17, 15) is 5.26 Å². The Balaban J connectivity index is 2.06. The minimum Gasteiger partial charge on any atom is -0.361 e. The van der Waals surface area contributed by atoms with Crippen LogP contribution in [0.5, 0.6) is 0 Å². The third-order valence-corrected chi connectivity index (χ3v) is 6.66. The van der Waals surface area contributed by atoms with Crippen molar-refractivity contribution >= 4 is 41.6 Å². The highest BCUT2D eigenvalue weighted by molar-refractivity contribution is 14.1. The maximum atomic E-state index is 9.84. The number of aromatic nitrogens is 2. The van der Waals surface area contributed by atoms with Gasteiger partial charge in [0, 0.05) is 41.6 Å². The van der Waals surface area contributed by atoms with E-state index in [4.69, 9.17) is 4.74 Å². The quantitative estimate of drug-likeness (QED) is 0.269. The van der Waals surface area contributed by atoms with Crippen LogP contribution in [0.3, 0.4) is 0 Å². The summed E-state index contributed by atoms with van der Waals surface area (Å²) in [7, 11) is -1.13. The average Bonchev–Trinajstić information content (AvgIpc) is 2.91. The molecule has 0 unspecified atom stereocenters. The van der Waals surface area contributed by atoms with E-state index >= 15 is 0 Å². The Labute approximate surface area is 169 Å². The minimum atomic E-state index is -1.13. The van der Waals surface area contributed by atoms with Gasteiger partial charge in [-0.3, -0.25) is 4.98 Å². The van der Waals surface area contributed by atoms with Gasteiger partial charge in [0.05, 0.1) is 16.8 Å². The maximum Gasteiger partial charge on any atom is 0.123 e. The molecule has 0 saturated heterocycles. The molecule has 0 amide bonds. The largest absolute Gasteiger partial charge is 0.361 e. The summed E-state index contributed by atoms with van der Waals surface area (Å²) < 4.78 is 9.23. The van der Waals surface area contributed by atoms with Crippen LogP contribution in [0, 0.1) is 14.9 Å². The molecule has 0 spiro atoms. The molecule has 0 fully saturated rings. The van der Waals surface area contributed by atoms with Gasteiger partial charge in [-0.15, -0.1) is 0 Å². The summed E-state index contributed by atoms with van der Waals surface area (Å²) >= 11 is 2.28. The highest BCUT2D eigenvalue weighted by atomic mass is 127. The fourth-order valence-corrected chi connectivity index (χ4v) is 4.16. The second-order valence-electron chi connectivity index (χ2n) is 7.51. The van der Waals surface area contributed by atoms with Crippen LogP contribution in [-0.2, 0) is 11.5 Å². The van der Waals surface area contributed by atoms with Gasteiger partial charge in [0.2, 0.25) is 0 Å². The van der Waals surface area contributed by atoms with Gasteiger partial charge in [-0.2, -0.15) is 5.26 Å². The predicted molar refractivity (Wildman–Crippen MR) is 117 cm³/mol. The molecule has 0 atom stereocenters. The van der Waals surface area contributed by atoms with Crippen molar-refractivity contribution in [3.63, 3.8) is 0 Å². The van der Waals surface area contributed by atoms with Crippen molar-refractivity contribution in [2.75, 3.05) is 6.61 Å². The average molecular weight is 475 g/mol. The maximum absolute atomic E-state index is 9.84. The Kier molecular flexibility index (Phi) is 5.80. The molecule has 6 heteroatoms. The second-order valence-corrected chi connectivity index (χ2v) is 14.4. The number of benzene rings is 1. The van der Waals surface area contributed by atoms with Gasteiger partial charge in [0.1, 0.15) is 12.8 Å².